The van der Waals surface area contributed by atoms with Crippen molar-refractivity contribution in [2.75, 3.05) is 0 Å². The molecule has 0 saturated carbocycles. The number of aromatic nitrogens is 2. The first-order valence-electron chi connectivity index (χ1n) is 15.2. The topological polar surface area (TPSA) is 21.9 Å². The van der Waals surface area contributed by atoms with Gasteiger partial charge in [-0.05, 0) is 47.5 Å². The van der Waals surface area contributed by atoms with Crippen LogP contribution in [0, 0.1) is 0 Å². The lowest BCUT2D eigenvalue weighted by Crippen LogP contribution is -2.22. The molecule has 0 fully saturated rings. The fourth-order valence-electron chi connectivity index (χ4n) is 7.00. The number of dihydropyridines is 1. The van der Waals surface area contributed by atoms with Crippen molar-refractivity contribution in [1.82, 2.24) is 14.5 Å². The third kappa shape index (κ3) is 3.76. The van der Waals surface area contributed by atoms with Gasteiger partial charge < -0.3 is 14.5 Å². The molecule has 1 aliphatic rings. The van der Waals surface area contributed by atoms with E-state index in [0.717, 1.165) is 17.1 Å². The van der Waals surface area contributed by atoms with Crippen LogP contribution < -0.4 is 5.32 Å². The van der Waals surface area contributed by atoms with E-state index < -0.39 is 0 Å². The molecule has 9 rings (SSSR count). The monoisotopic (exact) mass is 563 g/mol. The number of allylic oxidation sites excluding steroid dienone is 2. The summed E-state index contributed by atoms with van der Waals surface area (Å²) in [6, 6.07) is 54.4. The second-order valence-electron chi connectivity index (χ2n) is 11.4. The number of hydrogen-bond acceptors (Lipinski definition) is 1. The van der Waals surface area contributed by atoms with E-state index in [1.807, 2.05) is 0 Å². The summed E-state index contributed by atoms with van der Waals surface area (Å²) < 4.78 is 4.94. The van der Waals surface area contributed by atoms with Crippen LogP contribution >= 0.6 is 0 Å². The van der Waals surface area contributed by atoms with Gasteiger partial charge in [0.1, 0.15) is 0 Å². The molecule has 0 bridgehead atoms. The molecule has 2 aromatic heterocycles. The zero-order valence-corrected chi connectivity index (χ0v) is 24.1. The first-order valence-corrected chi connectivity index (χ1v) is 15.2. The van der Waals surface area contributed by atoms with Gasteiger partial charge in [0.05, 0.1) is 28.1 Å². The predicted octanol–water partition coefficient (Wildman–Crippen LogP) is 10.1. The highest BCUT2D eigenvalue weighted by Gasteiger charge is 2.24. The largest absolute Gasteiger partial charge is 0.374 e. The Labute approximate surface area is 255 Å². The van der Waals surface area contributed by atoms with Crippen molar-refractivity contribution in [3.05, 3.63) is 175 Å². The molecule has 0 radical (unpaired) electrons. The van der Waals surface area contributed by atoms with Crippen LogP contribution in [0.3, 0.4) is 0 Å². The molecule has 0 aliphatic carbocycles. The van der Waals surface area contributed by atoms with Crippen molar-refractivity contribution in [3.8, 4) is 5.69 Å². The van der Waals surface area contributed by atoms with Crippen LogP contribution in [0.1, 0.15) is 17.2 Å². The summed E-state index contributed by atoms with van der Waals surface area (Å²) in [5.41, 5.74) is 10.7. The van der Waals surface area contributed by atoms with Gasteiger partial charge in [0.25, 0.3) is 0 Å². The maximum absolute atomic E-state index is 3.84. The van der Waals surface area contributed by atoms with Crippen LogP contribution in [0.15, 0.2) is 164 Å². The van der Waals surface area contributed by atoms with E-state index in [2.05, 4.69) is 178 Å². The van der Waals surface area contributed by atoms with Gasteiger partial charge in [0.2, 0.25) is 0 Å². The summed E-state index contributed by atoms with van der Waals surface area (Å²) in [6.07, 6.45) is 4.69. The smallest absolute Gasteiger partial charge is 0.0788 e. The molecular formula is C41H29N3. The Morgan fingerprint density at radius 3 is 1.64 bits per heavy atom. The van der Waals surface area contributed by atoms with Gasteiger partial charge in [0, 0.05) is 38.6 Å². The van der Waals surface area contributed by atoms with Crippen molar-refractivity contribution in [2.45, 2.75) is 6.04 Å². The summed E-state index contributed by atoms with van der Waals surface area (Å²) in [4.78, 5) is 0. The molecule has 3 heteroatoms. The van der Waals surface area contributed by atoms with E-state index in [9.17, 15) is 0 Å². The van der Waals surface area contributed by atoms with E-state index in [1.54, 1.807) is 0 Å². The summed E-state index contributed by atoms with van der Waals surface area (Å²) in [7, 11) is 0. The molecule has 1 unspecified atom stereocenters. The Kier molecular flexibility index (Phi) is 5.57. The second kappa shape index (κ2) is 9.89. The minimum Gasteiger partial charge on any atom is -0.374 e. The Morgan fingerprint density at radius 1 is 0.455 bits per heavy atom. The fraction of sp³-hybridized carbons (Fsp3) is 0.0244. The predicted molar refractivity (Wildman–Crippen MR) is 185 cm³/mol. The van der Waals surface area contributed by atoms with Gasteiger partial charge >= 0.3 is 0 Å². The number of benzene rings is 6. The molecule has 208 valence electrons. The van der Waals surface area contributed by atoms with Gasteiger partial charge in [-0.1, -0.05) is 127 Å². The molecule has 6 aromatic carbocycles. The summed E-state index contributed by atoms with van der Waals surface area (Å²) in [5.74, 6) is 0. The number of nitrogens with one attached hydrogen (secondary N) is 1. The van der Waals surface area contributed by atoms with Crippen molar-refractivity contribution in [2.24, 2.45) is 0 Å². The van der Waals surface area contributed by atoms with Gasteiger partial charge in [-0.3, -0.25) is 0 Å². The SMILES string of the molecule is C1=C(c2ccccc2)NC(c2ccccc2)C=C1n1c2ccccc2c2ccc3c4ccccc4n(-c4ccccc4)c3c21. The van der Waals surface area contributed by atoms with Crippen molar-refractivity contribution < 1.29 is 0 Å². The Morgan fingerprint density at radius 2 is 0.977 bits per heavy atom. The molecule has 1 aliphatic heterocycles. The van der Waals surface area contributed by atoms with Crippen LogP contribution in [-0.2, 0) is 0 Å². The van der Waals surface area contributed by atoms with Crippen LogP contribution in [0.2, 0.25) is 0 Å². The number of nitrogens with zero attached hydrogens (tertiary/aromatic N) is 2. The Bertz CT molecular complexity index is 2390. The van der Waals surface area contributed by atoms with E-state index in [4.69, 9.17) is 0 Å². The highest BCUT2D eigenvalue weighted by atomic mass is 15.1. The zero-order chi connectivity index (χ0) is 29.0. The highest BCUT2D eigenvalue weighted by molar-refractivity contribution is 6.24. The van der Waals surface area contributed by atoms with Crippen molar-refractivity contribution in [3.63, 3.8) is 0 Å². The number of hydrogen-bond donors (Lipinski definition) is 1. The molecular weight excluding hydrogens is 534 g/mol. The van der Waals surface area contributed by atoms with E-state index in [-0.39, 0.29) is 6.04 Å². The quantitative estimate of drug-likeness (QED) is 0.226. The lowest BCUT2D eigenvalue weighted by atomic mass is 9.99. The fourth-order valence-corrected chi connectivity index (χ4v) is 7.00. The molecule has 0 spiro atoms. The van der Waals surface area contributed by atoms with Crippen LogP contribution in [0.25, 0.3) is 60.7 Å². The zero-order valence-electron chi connectivity index (χ0n) is 24.1. The Hall–Kier alpha value is -5.80. The van der Waals surface area contributed by atoms with Gasteiger partial charge in [0.15, 0.2) is 0 Å². The molecule has 1 N–H and O–H groups in total. The third-order valence-corrected chi connectivity index (χ3v) is 8.93. The van der Waals surface area contributed by atoms with E-state index >= 15 is 0 Å². The number of fused-ring (bicyclic) bond motifs is 7. The first-order chi connectivity index (χ1) is 21.8. The minimum absolute atomic E-state index is 0.0156. The van der Waals surface area contributed by atoms with E-state index in [1.165, 1.54) is 54.7 Å². The number of para-hydroxylation sites is 3. The molecule has 44 heavy (non-hydrogen) atoms. The number of rotatable bonds is 4. The minimum atomic E-state index is 0.0156. The molecule has 3 nitrogen and oxygen atoms in total. The summed E-state index contributed by atoms with van der Waals surface area (Å²) in [6.45, 7) is 0. The average molecular weight is 564 g/mol. The molecule has 0 saturated heterocycles. The standard InChI is InChI=1S/C41H29N3/c1-4-14-28(15-5-1)36-26-31(27-37(42-36)29-16-6-2-7-17-29)44-39-23-13-11-21-33(39)35-25-24-34-32-20-10-12-22-38(32)43(40(34)41(35)44)30-18-8-3-9-19-30/h1-27,36,42H. The lowest BCUT2D eigenvalue weighted by Gasteiger charge is -2.26. The van der Waals surface area contributed by atoms with Crippen molar-refractivity contribution >= 4 is 55.0 Å². The average Bonchev–Trinajstić information content (AvgIpc) is 3.62. The van der Waals surface area contributed by atoms with Crippen LogP contribution in [0.4, 0.5) is 0 Å². The molecule has 0 amide bonds. The second-order valence-corrected chi connectivity index (χ2v) is 11.4. The van der Waals surface area contributed by atoms with Gasteiger partial charge in [-0.25, -0.2) is 0 Å². The van der Waals surface area contributed by atoms with Gasteiger partial charge in [-0.15, -0.1) is 0 Å². The normalized spacial score (nSPS) is 15.0. The highest BCUT2D eigenvalue weighted by Crippen LogP contribution is 2.43. The summed E-state index contributed by atoms with van der Waals surface area (Å²) >= 11 is 0. The maximum Gasteiger partial charge on any atom is 0.0788 e. The summed E-state index contributed by atoms with van der Waals surface area (Å²) in [5, 5.41) is 8.84. The lowest BCUT2D eigenvalue weighted by molar-refractivity contribution is 0.762. The van der Waals surface area contributed by atoms with E-state index in [0.29, 0.717) is 0 Å². The maximum atomic E-state index is 3.84. The molecule has 8 aromatic rings. The Balaban J connectivity index is 1.44. The van der Waals surface area contributed by atoms with Gasteiger partial charge in [-0.2, -0.15) is 0 Å². The van der Waals surface area contributed by atoms with Crippen LogP contribution in [0.5, 0.6) is 0 Å². The first kappa shape index (κ1) is 24.8. The van der Waals surface area contributed by atoms with Crippen molar-refractivity contribution in [1.29, 1.82) is 0 Å². The third-order valence-electron chi connectivity index (χ3n) is 8.93. The molecule has 1 atom stereocenters. The molecule has 3 heterocycles. The van der Waals surface area contributed by atoms with Crippen LogP contribution in [-0.4, -0.2) is 9.13 Å².